The summed E-state index contributed by atoms with van der Waals surface area (Å²) >= 11 is 0. The van der Waals surface area contributed by atoms with Gasteiger partial charge in [-0.25, -0.2) is 9.78 Å². The number of anilines is 2. The molecule has 2 aliphatic rings. The molecule has 1 atom stereocenters. The smallest absolute Gasteiger partial charge is 0.423 e. The Labute approximate surface area is 191 Å². The second-order valence-corrected chi connectivity index (χ2v) is 7.84. The number of hydrogen-bond acceptors (Lipinski definition) is 9. The van der Waals surface area contributed by atoms with Crippen LogP contribution in [-0.4, -0.2) is 62.8 Å². The molecule has 0 fully saturated rings. The van der Waals surface area contributed by atoms with Gasteiger partial charge in [0.25, 0.3) is 0 Å². The minimum Gasteiger partial charge on any atom is -0.423 e. The number of carbonyl (C=O) groups is 1. The zero-order chi connectivity index (χ0) is 23.8. The Bertz CT molecular complexity index is 1240. The van der Waals surface area contributed by atoms with Crippen LogP contribution in [0, 0.1) is 0 Å². The average molecular weight is 447 g/mol. The van der Waals surface area contributed by atoms with E-state index in [-0.39, 0.29) is 5.82 Å². The van der Waals surface area contributed by atoms with Gasteiger partial charge in [-0.15, -0.1) is 14.7 Å². The van der Waals surface area contributed by atoms with Crippen LogP contribution in [0.15, 0.2) is 59.4 Å². The van der Waals surface area contributed by atoms with Crippen molar-refractivity contribution >= 4 is 41.8 Å². The third kappa shape index (κ3) is 3.91. The number of aromatic nitrogens is 3. The number of aliphatic imine (C=N–C) groups is 1. The van der Waals surface area contributed by atoms with Crippen molar-refractivity contribution in [3.05, 3.63) is 65.8 Å². The molecule has 3 heterocycles. The molecule has 0 radical (unpaired) electrons. The Balaban J connectivity index is 1.72. The first-order valence-electron chi connectivity index (χ1n) is 10.2. The fraction of sp³-hybridized carbons (Fsp3) is 0.190. The highest BCUT2D eigenvalue weighted by molar-refractivity contribution is 6.58. The van der Waals surface area contributed by atoms with Crippen molar-refractivity contribution in [3.8, 4) is 0 Å². The summed E-state index contributed by atoms with van der Waals surface area (Å²) in [6.07, 6.45) is 6.89. The highest BCUT2D eigenvalue weighted by Crippen LogP contribution is 2.38. The van der Waals surface area contributed by atoms with E-state index in [2.05, 4.69) is 25.5 Å². The second kappa shape index (κ2) is 8.58. The van der Waals surface area contributed by atoms with E-state index in [1.807, 2.05) is 20.2 Å². The van der Waals surface area contributed by atoms with E-state index < -0.39 is 17.6 Å². The third-order valence-electron chi connectivity index (χ3n) is 5.37. The first-order chi connectivity index (χ1) is 15.7. The first-order valence-corrected chi connectivity index (χ1v) is 10.2. The number of amidine groups is 1. The second-order valence-electron chi connectivity index (χ2n) is 7.84. The molecule has 2 amide bonds. The number of amides is 2. The quantitative estimate of drug-likeness (QED) is 0.365. The maximum absolute atomic E-state index is 12.6. The lowest BCUT2D eigenvalue weighted by Crippen LogP contribution is -2.52. The number of nitrogens with one attached hydrogen (secondary N) is 1. The molecule has 2 aromatic rings. The molecule has 168 valence electrons. The van der Waals surface area contributed by atoms with Gasteiger partial charge in [0, 0.05) is 26.7 Å². The summed E-state index contributed by atoms with van der Waals surface area (Å²) in [4.78, 5) is 23.6. The summed E-state index contributed by atoms with van der Waals surface area (Å²) in [5, 5.41) is 30.7. The molecule has 1 unspecified atom stereocenters. The number of primary amides is 1. The van der Waals surface area contributed by atoms with Crippen molar-refractivity contribution in [1.29, 1.82) is 0 Å². The number of fused-ring (bicyclic) bond motifs is 1. The van der Waals surface area contributed by atoms with Crippen LogP contribution in [0.3, 0.4) is 0 Å². The van der Waals surface area contributed by atoms with E-state index in [0.717, 1.165) is 5.56 Å². The lowest BCUT2D eigenvalue weighted by Gasteiger charge is -2.27. The summed E-state index contributed by atoms with van der Waals surface area (Å²) < 4.78 is -0.415. The molecule has 0 saturated heterocycles. The van der Waals surface area contributed by atoms with Crippen molar-refractivity contribution < 1.29 is 19.3 Å². The minimum atomic E-state index is -1.55. The van der Waals surface area contributed by atoms with Crippen molar-refractivity contribution in [2.45, 2.75) is 13.5 Å². The molecule has 0 spiro atoms. The maximum Gasteiger partial charge on any atom is 0.488 e. The number of rotatable bonds is 6. The monoisotopic (exact) mass is 447 g/mol. The zero-order valence-electron chi connectivity index (χ0n) is 18.5. The fourth-order valence-electron chi connectivity index (χ4n) is 3.81. The Hall–Kier alpha value is -3.87. The van der Waals surface area contributed by atoms with E-state index in [4.69, 9.17) is 5.73 Å². The van der Waals surface area contributed by atoms with E-state index >= 15 is 0 Å². The highest BCUT2D eigenvalue weighted by Gasteiger charge is 2.51. The number of quaternary nitrogens is 1. The lowest BCUT2D eigenvalue weighted by atomic mass is 9.80. The molecule has 1 aromatic carbocycles. The molecular weight excluding hydrogens is 423 g/mol. The van der Waals surface area contributed by atoms with Gasteiger partial charge >= 0.3 is 13.1 Å². The van der Waals surface area contributed by atoms with E-state index in [9.17, 15) is 14.8 Å². The van der Waals surface area contributed by atoms with Crippen molar-refractivity contribution in [2.75, 3.05) is 24.3 Å². The normalized spacial score (nSPS) is 18.8. The molecule has 5 N–H and O–H groups in total. The van der Waals surface area contributed by atoms with Crippen LogP contribution < -0.4 is 21.4 Å². The average Bonchev–Trinajstić information content (AvgIpc) is 3.10. The van der Waals surface area contributed by atoms with Gasteiger partial charge in [0.15, 0.2) is 11.6 Å². The fourth-order valence-corrected chi connectivity index (χ4v) is 3.81. The molecule has 1 aromatic heterocycles. The molecular formula is C21H24BN8O3+. The van der Waals surface area contributed by atoms with Crippen LogP contribution in [0.25, 0.3) is 5.70 Å². The van der Waals surface area contributed by atoms with E-state index in [0.29, 0.717) is 40.9 Å². The van der Waals surface area contributed by atoms with Gasteiger partial charge in [0.1, 0.15) is 11.9 Å². The molecule has 4 rings (SSSR count). The Morgan fingerprint density at radius 1 is 1.24 bits per heavy atom. The van der Waals surface area contributed by atoms with Crippen molar-refractivity contribution in [1.82, 2.24) is 15.2 Å². The number of nitrogens with two attached hydrogens (primary N) is 1. The molecule has 0 bridgehead atoms. The first kappa shape index (κ1) is 22.3. The summed E-state index contributed by atoms with van der Waals surface area (Å²) in [6, 6.07) is 6.28. The summed E-state index contributed by atoms with van der Waals surface area (Å²) in [7, 11) is 2.08. The molecule has 12 heteroatoms. The lowest BCUT2D eigenvalue weighted by molar-refractivity contribution is -0.611. The van der Waals surface area contributed by atoms with Crippen molar-refractivity contribution in [2.24, 2.45) is 10.7 Å². The molecule has 0 saturated carbocycles. The van der Waals surface area contributed by atoms with Crippen LogP contribution in [-0.2, 0) is 6.54 Å². The number of carbonyl (C=O) groups excluding carboxylic acids is 1. The molecule has 33 heavy (non-hydrogen) atoms. The van der Waals surface area contributed by atoms with Crippen LogP contribution >= 0.6 is 0 Å². The highest BCUT2D eigenvalue weighted by atomic mass is 16.4. The molecule has 2 aliphatic heterocycles. The van der Waals surface area contributed by atoms with Gasteiger partial charge in [-0.05, 0) is 30.1 Å². The SMILES string of the molecule is CC1=C(c2nnc(N(C)C)c(NCc3cccc(B(O)O)c3)n2)[N+]2(C(N)=O)C=CC=CC2=N1. The van der Waals surface area contributed by atoms with Crippen LogP contribution in [0.2, 0.25) is 0 Å². The topological polar surface area (TPSA) is 150 Å². The summed E-state index contributed by atoms with van der Waals surface area (Å²) in [6.45, 7) is 2.12. The van der Waals surface area contributed by atoms with Crippen molar-refractivity contribution in [3.63, 3.8) is 0 Å². The van der Waals surface area contributed by atoms with Gasteiger partial charge in [0.2, 0.25) is 17.4 Å². The number of benzene rings is 1. The minimum absolute atomic E-state index is 0.220. The zero-order valence-corrected chi connectivity index (χ0v) is 18.5. The predicted octanol–water partition coefficient (Wildman–Crippen LogP) is 0.309. The van der Waals surface area contributed by atoms with E-state index in [1.54, 1.807) is 54.5 Å². The van der Waals surface area contributed by atoms with Gasteiger partial charge in [-0.2, -0.15) is 4.99 Å². The Morgan fingerprint density at radius 2 is 2.03 bits per heavy atom. The number of urea groups is 1. The van der Waals surface area contributed by atoms with Gasteiger partial charge < -0.3 is 26.0 Å². The van der Waals surface area contributed by atoms with Crippen LogP contribution in [0.5, 0.6) is 0 Å². The third-order valence-corrected chi connectivity index (χ3v) is 5.37. The molecule has 0 aliphatic carbocycles. The van der Waals surface area contributed by atoms with Gasteiger partial charge in [-0.1, -0.05) is 24.3 Å². The standard InChI is InChI=1S/C21H23BN8O3/c1-13-17(30(21(23)31)10-5-4-9-16(30)25-13)18-26-19(20(28-27-18)29(2)3)24-12-14-7-6-8-15(11-14)22(32)33/h4-11,32-33H,12H2,1-3H3,(H2-,23,24,26,27,31)/p+1. The van der Waals surface area contributed by atoms with Gasteiger partial charge in [-0.3, -0.25) is 0 Å². The number of allylic oxidation sites excluding steroid dienone is 3. The number of hydrogen-bond donors (Lipinski definition) is 4. The van der Waals surface area contributed by atoms with Crippen LogP contribution in [0.1, 0.15) is 18.3 Å². The van der Waals surface area contributed by atoms with Gasteiger partial charge in [0.05, 0.1) is 0 Å². The Morgan fingerprint density at radius 3 is 2.73 bits per heavy atom. The van der Waals surface area contributed by atoms with Crippen LogP contribution in [0.4, 0.5) is 16.4 Å². The summed E-state index contributed by atoms with van der Waals surface area (Å²) in [5.41, 5.74) is 8.02. The molecule has 11 nitrogen and oxygen atoms in total. The Kier molecular flexibility index (Phi) is 5.81. The largest absolute Gasteiger partial charge is 0.488 e. The maximum atomic E-state index is 12.6. The van der Waals surface area contributed by atoms with E-state index in [1.165, 1.54) is 0 Å². The number of nitrogens with zero attached hydrogens (tertiary/aromatic N) is 6. The summed E-state index contributed by atoms with van der Waals surface area (Å²) in [5.74, 6) is 1.62. The predicted molar refractivity (Wildman–Crippen MR) is 126 cm³/mol.